The van der Waals surface area contributed by atoms with E-state index in [1.807, 2.05) is 30.3 Å². The largest absolute Gasteiger partial charge is 0.356 e. The van der Waals surface area contributed by atoms with Crippen molar-refractivity contribution in [3.63, 3.8) is 0 Å². The summed E-state index contributed by atoms with van der Waals surface area (Å²) in [5, 5.41) is 7.05. The molecule has 1 fully saturated rings. The molecule has 1 aliphatic heterocycles. The van der Waals surface area contributed by atoms with Crippen LogP contribution in [-0.2, 0) is 4.79 Å². The second kappa shape index (κ2) is 7.26. The molecule has 0 aliphatic carbocycles. The third-order valence-corrected chi connectivity index (χ3v) is 4.13. The van der Waals surface area contributed by atoms with E-state index < -0.39 is 0 Å². The van der Waals surface area contributed by atoms with Crippen molar-refractivity contribution in [1.29, 1.82) is 0 Å². The zero-order valence-corrected chi connectivity index (χ0v) is 13.4. The molecule has 6 heteroatoms. The molecule has 1 aromatic carbocycles. The predicted octanol–water partition coefficient (Wildman–Crippen LogP) is 2.48. The van der Waals surface area contributed by atoms with Gasteiger partial charge in [-0.2, -0.15) is 4.98 Å². The van der Waals surface area contributed by atoms with Gasteiger partial charge >= 0.3 is 0 Å². The number of carbonyl (C=O) groups excluding carboxylic acids is 1. The fourth-order valence-corrected chi connectivity index (χ4v) is 2.78. The summed E-state index contributed by atoms with van der Waals surface area (Å²) in [7, 11) is 0. The molecular weight excluding hydrogens is 292 g/mol. The number of anilines is 1. The minimum absolute atomic E-state index is 0.0956. The molecule has 0 atom stereocenters. The molecule has 23 heavy (non-hydrogen) atoms. The molecule has 0 radical (unpaired) electrons. The van der Waals surface area contributed by atoms with Crippen LogP contribution in [0.3, 0.4) is 0 Å². The topological polar surface area (TPSA) is 71.3 Å². The Morgan fingerprint density at radius 1 is 1.30 bits per heavy atom. The van der Waals surface area contributed by atoms with Crippen LogP contribution in [0.2, 0.25) is 0 Å². The van der Waals surface area contributed by atoms with E-state index in [2.05, 4.69) is 27.3 Å². The van der Waals surface area contributed by atoms with Gasteiger partial charge in [0.15, 0.2) is 0 Å². The maximum Gasteiger partial charge on any atom is 0.266 e. The molecule has 1 aromatic heterocycles. The summed E-state index contributed by atoms with van der Waals surface area (Å²) in [4.78, 5) is 18.6. The molecule has 1 saturated heterocycles. The fraction of sp³-hybridized carbons (Fsp3) is 0.471. The number of amides is 1. The minimum atomic E-state index is 0.0956. The molecule has 0 bridgehead atoms. The van der Waals surface area contributed by atoms with E-state index in [1.165, 1.54) is 0 Å². The van der Waals surface area contributed by atoms with Crippen LogP contribution in [0.5, 0.6) is 0 Å². The maximum atomic E-state index is 12.0. The average molecular weight is 314 g/mol. The Labute approximate surface area is 135 Å². The number of rotatable bonds is 5. The third kappa shape index (κ3) is 3.70. The minimum Gasteiger partial charge on any atom is -0.356 e. The highest BCUT2D eigenvalue weighted by molar-refractivity contribution is 5.78. The Bertz CT molecular complexity index is 633. The quantitative estimate of drug-likeness (QED) is 0.918. The van der Waals surface area contributed by atoms with Gasteiger partial charge in [0.05, 0.1) is 0 Å². The monoisotopic (exact) mass is 314 g/mol. The number of hydrogen-bond donors (Lipinski definition) is 1. The predicted molar refractivity (Wildman–Crippen MR) is 88.0 cm³/mol. The lowest BCUT2D eigenvalue weighted by atomic mass is 9.96. The first-order chi connectivity index (χ1) is 11.3. The molecule has 0 unspecified atom stereocenters. The Morgan fingerprint density at radius 2 is 2.04 bits per heavy atom. The Balaban J connectivity index is 1.58. The third-order valence-electron chi connectivity index (χ3n) is 4.13. The lowest BCUT2D eigenvalue weighted by Crippen LogP contribution is -2.41. The number of carbonyl (C=O) groups is 1. The Kier molecular flexibility index (Phi) is 4.90. The maximum absolute atomic E-state index is 12.0. The summed E-state index contributed by atoms with van der Waals surface area (Å²) in [5.41, 5.74) is 0.917. The first-order valence-corrected chi connectivity index (χ1v) is 8.19. The highest BCUT2D eigenvalue weighted by Gasteiger charge is 2.26. The van der Waals surface area contributed by atoms with Gasteiger partial charge in [-0.05, 0) is 36.6 Å². The van der Waals surface area contributed by atoms with E-state index in [0.29, 0.717) is 11.8 Å². The molecule has 1 aliphatic rings. The van der Waals surface area contributed by atoms with Gasteiger partial charge in [-0.25, -0.2) is 0 Å². The van der Waals surface area contributed by atoms with Crippen LogP contribution in [0.15, 0.2) is 34.9 Å². The molecular formula is C17H22N4O2. The van der Waals surface area contributed by atoms with Crippen molar-refractivity contribution >= 4 is 11.9 Å². The van der Waals surface area contributed by atoms with Gasteiger partial charge in [-0.15, -0.1) is 0 Å². The second-order valence-corrected chi connectivity index (χ2v) is 5.82. The van der Waals surface area contributed by atoms with Gasteiger partial charge in [0, 0.05) is 31.1 Å². The van der Waals surface area contributed by atoms with Gasteiger partial charge < -0.3 is 14.7 Å². The van der Waals surface area contributed by atoms with Crippen LogP contribution in [0.1, 0.15) is 26.2 Å². The Hall–Kier alpha value is -2.37. The van der Waals surface area contributed by atoms with Crippen molar-refractivity contribution in [3.8, 4) is 11.5 Å². The standard InChI is InChI=1S/C17H22N4O2/c1-2-10-18-15(22)13-8-11-21(12-9-13)17-19-16(23-20-17)14-6-4-3-5-7-14/h3-7,13H,2,8-12H2,1H3,(H,18,22). The van der Waals surface area contributed by atoms with Gasteiger partial charge in [-0.1, -0.05) is 25.1 Å². The van der Waals surface area contributed by atoms with Crippen LogP contribution in [0, 0.1) is 5.92 Å². The van der Waals surface area contributed by atoms with E-state index in [-0.39, 0.29) is 11.8 Å². The molecule has 122 valence electrons. The van der Waals surface area contributed by atoms with Crippen LogP contribution < -0.4 is 10.2 Å². The first-order valence-electron chi connectivity index (χ1n) is 8.19. The Morgan fingerprint density at radius 3 is 2.74 bits per heavy atom. The zero-order chi connectivity index (χ0) is 16.1. The number of piperidine rings is 1. The first kappa shape index (κ1) is 15.5. The summed E-state index contributed by atoms with van der Waals surface area (Å²) in [5.74, 6) is 1.41. The van der Waals surface area contributed by atoms with E-state index in [0.717, 1.165) is 44.5 Å². The molecule has 0 saturated carbocycles. The summed E-state index contributed by atoms with van der Waals surface area (Å²) in [6, 6.07) is 9.73. The zero-order valence-electron chi connectivity index (χ0n) is 13.4. The van der Waals surface area contributed by atoms with Crippen molar-refractivity contribution < 1.29 is 9.32 Å². The van der Waals surface area contributed by atoms with Crippen LogP contribution in [0.4, 0.5) is 5.95 Å². The number of nitrogens with zero attached hydrogens (tertiary/aromatic N) is 3. The van der Waals surface area contributed by atoms with E-state index in [1.54, 1.807) is 0 Å². The van der Waals surface area contributed by atoms with Crippen molar-refractivity contribution in [2.24, 2.45) is 5.92 Å². The van der Waals surface area contributed by atoms with Gasteiger partial charge in [-0.3, -0.25) is 4.79 Å². The van der Waals surface area contributed by atoms with Crippen LogP contribution >= 0.6 is 0 Å². The van der Waals surface area contributed by atoms with Crippen molar-refractivity contribution in [3.05, 3.63) is 30.3 Å². The summed E-state index contributed by atoms with van der Waals surface area (Å²) >= 11 is 0. The molecule has 1 amide bonds. The van der Waals surface area contributed by atoms with Crippen LogP contribution in [-0.4, -0.2) is 35.7 Å². The molecule has 6 nitrogen and oxygen atoms in total. The van der Waals surface area contributed by atoms with Crippen molar-refractivity contribution in [2.45, 2.75) is 26.2 Å². The van der Waals surface area contributed by atoms with E-state index >= 15 is 0 Å². The number of nitrogens with one attached hydrogen (secondary N) is 1. The van der Waals surface area contributed by atoms with Crippen molar-refractivity contribution in [2.75, 3.05) is 24.5 Å². The molecule has 1 N–H and O–H groups in total. The average Bonchev–Trinajstić information content (AvgIpc) is 3.11. The van der Waals surface area contributed by atoms with E-state index in [4.69, 9.17) is 4.52 Å². The molecule has 3 rings (SSSR count). The fourth-order valence-electron chi connectivity index (χ4n) is 2.78. The number of aromatic nitrogens is 2. The second-order valence-electron chi connectivity index (χ2n) is 5.82. The molecule has 2 aromatic rings. The number of benzene rings is 1. The molecule has 0 spiro atoms. The molecule has 2 heterocycles. The highest BCUT2D eigenvalue weighted by atomic mass is 16.5. The van der Waals surface area contributed by atoms with Gasteiger partial charge in [0.1, 0.15) is 0 Å². The SMILES string of the molecule is CCCNC(=O)C1CCN(c2noc(-c3ccccc3)n2)CC1. The van der Waals surface area contributed by atoms with Crippen LogP contribution in [0.25, 0.3) is 11.5 Å². The van der Waals surface area contributed by atoms with Gasteiger partial charge in [0.2, 0.25) is 5.91 Å². The number of hydrogen-bond acceptors (Lipinski definition) is 5. The van der Waals surface area contributed by atoms with Crippen molar-refractivity contribution in [1.82, 2.24) is 15.5 Å². The lowest BCUT2D eigenvalue weighted by Gasteiger charge is -2.30. The lowest BCUT2D eigenvalue weighted by molar-refractivity contribution is -0.125. The highest BCUT2D eigenvalue weighted by Crippen LogP contribution is 2.24. The summed E-state index contributed by atoms with van der Waals surface area (Å²) in [6.07, 6.45) is 2.62. The smallest absolute Gasteiger partial charge is 0.266 e. The summed E-state index contributed by atoms with van der Waals surface area (Å²) in [6.45, 7) is 4.36. The summed E-state index contributed by atoms with van der Waals surface area (Å²) < 4.78 is 5.35. The van der Waals surface area contributed by atoms with E-state index in [9.17, 15) is 4.79 Å². The van der Waals surface area contributed by atoms with Gasteiger partial charge in [0.25, 0.3) is 11.8 Å². The normalized spacial score (nSPS) is 15.6.